The number of hydrogen-bond donors (Lipinski definition) is 1. The first-order valence-electron chi connectivity index (χ1n) is 8.22. The number of alkyl carbamates (subject to hydrolysis) is 1. The molecule has 0 aliphatic heterocycles. The summed E-state index contributed by atoms with van der Waals surface area (Å²) in [5.74, 6) is 0. The third-order valence-electron chi connectivity index (χ3n) is 3.51. The van der Waals surface area contributed by atoms with Crippen molar-refractivity contribution in [1.82, 2.24) is 15.1 Å². The molecule has 0 bridgehead atoms. The number of nitrogens with one attached hydrogen (secondary N) is 1. The molecular weight excluding hydrogens is 340 g/mol. The average Bonchev–Trinajstić information content (AvgIpc) is 2.86. The predicted molar refractivity (Wildman–Crippen MR) is 95.9 cm³/mol. The van der Waals surface area contributed by atoms with Gasteiger partial charge < -0.3 is 14.8 Å². The number of aryl methyl sites for hydroxylation is 1. The number of fused-ring (bicyclic) bond motifs is 1. The van der Waals surface area contributed by atoms with E-state index < -0.39 is 17.1 Å². The molecule has 9 heteroatoms. The highest BCUT2D eigenvalue weighted by atomic mass is 16.6. The molecule has 0 aliphatic carbocycles. The number of non-ortho nitro benzene ring substituents is 1. The number of aromatic nitrogens is 2. The van der Waals surface area contributed by atoms with Gasteiger partial charge in [-0.1, -0.05) is 0 Å². The summed E-state index contributed by atoms with van der Waals surface area (Å²) in [6, 6.07) is 3.27. The predicted octanol–water partition coefficient (Wildman–Crippen LogP) is 2.91. The van der Waals surface area contributed by atoms with E-state index in [9.17, 15) is 14.9 Å². The second-order valence-electron chi connectivity index (χ2n) is 7.18. The first-order valence-corrected chi connectivity index (χ1v) is 8.22. The summed E-state index contributed by atoms with van der Waals surface area (Å²) in [5, 5.41) is 18.5. The molecule has 26 heavy (non-hydrogen) atoms. The average molecular weight is 364 g/mol. The molecule has 0 saturated heterocycles. The highest BCUT2D eigenvalue weighted by Gasteiger charge is 2.18. The Labute approximate surface area is 151 Å². The zero-order valence-electron chi connectivity index (χ0n) is 15.6. The monoisotopic (exact) mass is 364 g/mol. The number of carbonyl (C=O) groups is 1. The number of benzene rings is 1. The SMILES string of the molecule is C[C@H](COCc1cc([N+](=O)[O-])c2cnn(C)c2c1)OC(=O)NC(C)(C)C. The number of carbonyl (C=O) groups excluding carboxylic acids is 1. The Morgan fingerprint density at radius 3 is 2.73 bits per heavy atom. The van der Waals surface area contributed by atoms with Crippen molar-refractivity contribution in [2.45, 2.75) is 45.9 Å². The Kier molecular flexibility index (Phi) is 5.81. The van der Waals surface area contributed by atoms with Crippen molar-refractivity contribution in [1.29, 1.82) is 0 Å². The Bertz CT molecular complexity index is 809. The molecule has 2 aromatic rings. The fraction of sp³-hybridized carbons (Fsp3) is 0.529. The number of hydrogen-bond acceptors (Lipinski definition) is 6. The summed E-state index contributed by atoms with van der Waals surface area (Å²) in [6.07, 6.45) is 0.510. The molecule has 1 amide bonds. The molecule has 0 unspecified atom stereocenters. The van der Waals surface area contributed by atoms with Crippen LogP contribution in [0.5, 0.6) is 0 Å². The van der Waals surface area contributed by atoms with Gasteiger partial charge in [0.15, 0.2) is 0 Å². The van der Waals surface area contributed by atoms with E-state index in [2.05, 4.69) is 10.4 Å². The van der Waals surface area contributed by atoms with Crippen molar-refractivity contribution in [3.63, 3.8) is 0 Å². The van der Waals surface area contributed by atoms with Gasteiger partial charge in [-0.3, -0.25) is 14.8 Å². The number of ether oxygens (including phenoxy) is 2. The van der Waals surface area contributed by atoms with Gasteiger partial charge >= 0.3 is 6.09 Å². The number of nitro benzene ring substituents is 1. The van der Waals surface area contributed by atoms with Crippen molar-refractivity contribution in [2.24, 2.45) is 7.05 Å². The molecule has 0 fully saturated rings. The van der Waals surface area contributed by atoms with Gasteiger partial charge in [0.25, 0.3) is 5.69 Å². The second kappa shape index (κ2) is 7.69. The van der Waals surface area contributed by atoms with Crippen LogP contribution in [0.2, 0.25) is 0 Å². The molecule has 0 aliphatic rings. The van der Waals surface area contributed by atoms with Crippen LogP contribution in [0.4, 0.5) is 10.5 Å². The van der Waals surface area contributed by atoms with Crippen LogP contribution in [0.15, 0.2) is 18.3 Å². The standard InChI is InChI=1S/C17H24N4O5/c1-11(26-16(22)19-17(2,3)4)9-25-10-12-6-14-13(8-18-20(14)5)15(7-12)21(23)24/h6-8,11H,9-10H2,1-5H3,(H,19,22)/t11-/m1/s1. The molecule has 1 aromatic heterocycles. The summed E-state index contributed by atoms with van der Waals surface area (Å²) in [5.41, 5.74) is 0.920. The van der Waals surface area contributed by atoms with Gasteiger partial charge in [-0.25, -0.2) is 4.79 Å². The third-order valence-corrected chi connectivity index (χ3v) is 3.51. The lowest BCUT2D eigenvalue weighted by atomic mass is 10.1. The number of amides is 1. The molecule has 0 radical (unpaired) electrons. The summed E-state index contributed by atoms with van der Waals surface area (Å²) < 4.78 is 12.3. The van der Waals surface area contributed by atoms with E-state index in [0.717, 1.165) is 0 Å². The quantitative estimate of drug-likeness (QED) is 0.623. The first-order chi connectivity index (χ1) is 12.1. The molecule has 2 rings (SSSR count). The third kappa shape index (κ3) is 5.16. The van der Waals surface area contributed by atoms with Crippen LogP contribution in [-0.2, 0) is 23.1 Å². The normalized spacial score (nSPS) is 12.8. The topological polar surface area (TPSA) is 109 Å². The van der Waals surface area contributed by atoms with E-state index >= 15 is 0 Å². The van der Waals surface area contributed by atoms with Gasteiger partial charge in [-0.15, -0.1) is 0 Å². The minimum Gasteiger partial charge on any atom is -0.444 e. The molecular formula is C17H24N4O5. The van der Waals surface area contributed by atoms with Crippen molar-refractivity contribution >= 4 is 22.7 Å². The minimum absolute atomic E-state index is 0.0111. The van der Waals surface area contributed by atoms with Crippen LogP contribution in [0.1, 0.15) is 33.3 Å². The van der Waals surface area contributed by atoms with E-state index in [4.69, 9.17) is 9.47 Å². The van der Waals surface area contributed by atoms with E-state index in [0.29, 0.717) is 16.5 Å². The molecule has 142 valence electrons. The minimum atomic E-state index is -0.513. The molecule has 1 N–H and O–H groups in total. The molecule has 9 nitrogen and oxygen atoms in total. The fourth-order valence-corrected chi connectivity index (χ4v) is 2.42. The largest absolute Gasteiger partial charge is 0.444 e. The summed E-state index contributed by atoms with van der Waals surface area (Å²) in [7, 11) is 1.72. The van der Waals surface area contributed by atoms with Gasteiger partial charge in [0.2, 0.25) is 0 Å². The zero-order chi connectivity index (χ0) is 19.5. The first kappa shape index (κ1) is 19.6. The highest BCUT2D eigenvalue weighted by Crippen LogP contribution is 2.27. The Hall–Kier alpha value is -2.68. The number of nitrogens with zero attached hydrogens (tertiary/aromatic N) is 3. The molecule has 1 atom stereocenters. The Morgan fingerprint density at radius 2 is 2.12 bits per heavy atom. The van der Waals surface area contributed by atoms with E-state index in [1.54, 1.807) is 24.7 Å². The lowest BCUT2D eigenvalue weighted by Gasteiger charge is -2.22. The Morgan fingerprint density at radius 1 is 1.42 bits per heavy atom. The fourth-order valence-electron chi connectivity index (χ4n) is 2.42. The van der Waals surface area contributed by atoms with Gasteiger partial charge in [0.05, 0.1) is 35.2 Å². The summed E-state index contributed by atoms with van der Waals surface area (Å²) >= 11 is 0. The van der Waals surface area contributed by atoms with Crippen molar-refractivity contribution in [3.8, 4) is 0 Å². The van der Waals surface area contributed by atoms with Gasteiger partial charge in [0, 0.05) is 18.7 Å². The van der Waals surface area contributed by atoms with E-state index in [-0.39, 0.29) is 24.4 Å². The second-order valence-corrected chi connectivity index (χ2v) is 7.18. The van der Waals surface area contributed by atoms with Gasteiger partial charge in [-0.05, 0) is 39.3 Å². The van der Waals surface area contributed by atoms with Crippen LogP contribution in [0.3, 0.4) is 0 Å². The summed E-state index contributed by atoms with van der Waals surface area (Å²) in [6.45, 7) is 7.63. The highest BCUT2D eigenvalue weighted by molar-refractivity contribution is 5.88. The smallest absolute Gasteiger partial charge is 0.407 e. The zero-order valence-corrected chi connectivity index (χ0v) is 15.6. The van der Waals surface area contributed by atoms with Crippen molar-refractivity contribution in [3.05, 3.63) is 34.0 Å². The van der Waals surface area contributed by atoms with Crippen LogP contribution in [0.25, 0.3) is 10.9 Å². The van der Waals surface area contributed by atoms with Crippen molar-refractivity contribution in [2.75, 3.05) is 6.61 Å². The number of nitro groups is 1. The maximum Gasteiger partial charge on any atom is 0.407 e. The van der Waals surface area contributed by atoms with Gasteiger partial charge in [0.1, 0.15) is 6.10 Å². The molecule has 0 spiro atoms. The summed E-state index contributed by atoms with van der Waals surface area (Å²) in [4.78, 5) is 22.5. The van der Waals surface area contributed by atoms with E-state index in [1.165, 1.54) is 12.3 Å². The van der Waals surface area contributed by atoms with Gasteiger partial charge in [-0.2, -0.15) is 5.10 Å². The van der Waals surface area contributed by atoms with Crippen LogP contribution < -0.4 is 5.32 Å². The molecule has 0 saturated carbocycles. The Balaban J connectivity index is 1.96. The maximum absolute atomic E-state index is 11.7. The number of rotatable bonds is 6. The van der Waals surface area contributed by atoms with Crippen LogP contribution in [-0.4, -0.2) is 39.0 Å². The maximum atomic E-state index is 11.7. The molecule has 1 heterocycles. The lowest BCUT2D eigenvalue weighted by molar-refractivity contribution is -0.383. The van der Waals surface area contributed by atoms with Crippen LogP contribution >= 0.6 is 0 Å². The van der Waals surface area contributed by atoms with Crippen molar-refractivity contribution < 1.29 is 19.2 Å². The lowest BCUT2D eigenvalue weighted by Crippen LogP contribution is -2.42. The van der Waals surface area contributed by atoms with Crippen LogP contribution in [0, 0.1) is 10.1 Å². The van der Waals surface area contributed by atoms with E-state index in [1.807, 2.05) is 20.8 Å². The molecule has 1 aromatic carbocycles.